The second-order valence-electron chi connectivity index (χ2n) is 6.33. The van der Waals surface area contributed by atoms with Gasteiger partial charge >= 0.3 is 0 Å². The highest BCUT2D eigenvalue weighted by Gasteiger charge is 2.20. The van der Waals surface area contributed by atoms with Gasteiger partial charge in [-0.1, -0.05) is 25.5 Å². The van der Waals surface area contributed by atoms with Crippen molar-refractivity contribution in [1.29, 1.82) is 0 Å². The molecule has 0 unspecified atom stereocenters. The molecule has 1 aliphatic carbocycles. The lowest BCUT2D eigenvalue weighted by Crippen LogP contribution is -2.19. The summed E-state index contributed by atoms with van der Waals surface area (Å²) in [6.07, 6.45) is 12.0. The lowest BCUT2D eigenvalue weighted by Gasteiger charge is -2.26. The summed E-state index contributed by atoms with van der Waals surface area (Å²) >= 11 is 0. The van der Waals surface area contributed by atoms with Gasteiger partial charge < -0.3 is 9.47 Å². The second kappa shape index (κ2) is 9.59. The molecule has 1 aliphatic rings. The van der Waals surface area contributed by atoms with E-state index in [4.69, 9.17) is 9.47 Å². The van der Waals surface area contributed by atoms with Crippen molar-refractivity contribution in [3.05, 3.63) is 36.2 Å². The summed E-state index contributed by atoms with van der Waals surface area (Å²) in [6.45, 7) is 5.20. The van der Waals surface area contributed by atoms with Crippen molar-refractivity contribution in [2.45, 2.75) is 52.4 Å². The normalized spacial score (nSPS) is 21.5. The average molecular weight is 320 g/mol. The zero-order chi connectivity index (χ0) is 16.5. The standard InChI is InChI=1S/C20H29FO2/c1-3-5-6-7-16-8-10-17(11-9-16)15-23-18-12-13-20(22-4-2)19(21)14-18/h6-7,12-14,16-17H,3-5,8-11,15H2,1-2H3/b7-6+. The first-order chi connectivity index (χ1) is 11.2. The molecule has 0 atom stereocenters. The quantitative estimate of drug-likeness (QED) is 0.566. The fourth-order valence-corrected chi connectivity index (χ4v) is 3.06. The minimum atomic E-state index is -0.353. The molecule has 0 aliphatic heterocycles. The van der Waals surface area contributed by atoms with Crippen LogP contribution in [-0.2, 0) is 0 Å². The van der Waals surface area contributed by atoms with Gasteiger partial charge in [0.05, 0.1) is 13.2 Å². The Morgan fingerprint density at radius 2 is 1.91 bits per heavy atom. The number of hydrogen-bond acceptors (Lipinski definition) is 2. The highest BCUT2D eigenvalue weighted by atomic mass is 19.1. The largest absolute Gasteiger partial charge is 0.493 e. The Labute approximate surface area is 139 Å². The summed E-state index contributed by atoms with van der Waals surface area (Å²) in [5, 5.41) is 0. The molecule has 0 amide bonds. The van der Waals surface area contributed by atoms with Crippen LogP contribution in [0.3, 0.4) is 0 Å². The van der Waals surface area contributed by atoms with Crippen LogP contribution in [0.5, 0.6) is 11.5 Å². The summed E-state index contributed by atoms with van der Waals surface area (Å²) in [5.74, 6) is 1.85. The van der Waals surface area contributed by atoms with Crippen LogP contribution < -0.4 is 9.47 Å². The Morgan fingerprint density at radius 3 is 2.57 bits per heavy atom. The van der Waals surface area contributed by atoms with Gasteiger partial charge in [-0.25, -0.2) is 4.39 Å². The number of ether oxygens (including phenoxy) is 2. The Kier molecular flexibility index (Phi) is 7.44. The number of allylic oxidation sites excluding steroid dienone is 2. The molecule has 1 aromatic carbocycles. The molecule has 3 heteroatoms. The van der Waals surface area contributed by atoms with E-state index in [1.807, 2.05) is 6.92 Å². The van der Waals surface area contributed by atoms with E-state index in [0.717, 1.165) is 5.92 Å². The number of hydrogen-bond donors (Lipinski definition) is 0. The van der Waals surface area contributed by atoms with Crippen LogP contribution in [0.1, 0.15) is 52.4 Å². The van der Waals surface area contributed by atoms with Gasteiger partial charge in [0.15, 0.2) is 11.6 Å². The van der Waals surface area contributed by atoms with E-state index in [9.17, 15) is 4.39 Å². The summed E-state index contributed by atoms with van der Waals surface area (Å²) in [6, 6.07) is 4.85. The predicted octanol–water partition coefficient (Wildman–Crippen LogP) is 5.77. The molecule has 0 radical (unpaired) electrons. The van der Waals surface area contributed by atoms with Crippen LogP contribution >= 0.6 is 0 Å². The molecular weight excluding hydrogens is 291 g/mol. The van der Waals surface area contributed by atoms with Gasteiger partial charge in [0.2, 0.25) is 0 Å². The molecule has 0 N–H and O–H groups in total. The Morgan fingerprint density at radius 1 is 1.13 bits per heavy atom. The molecule has 0 heterocycles. The van der Waals surface area contributed by atoms with Gasteiger partial charge in [0, 0.05) is 6.07 Å². The predicted molar refractivity (Wildman–Crippen MR) is 92.6 cm³/mol. The topological polar surface area (TPSA) is 18.5 Å². The van der Waals surface area contributed by atoms with E-state index in [1.165, 1.54) is 44.6 Å². The fraction of sp³-hybridized carbons (Fsp3) is 0.600. The molecule has 0 spiro atoms. The zero-order valence-corrected chi connectivity index (χ0v) is 14.4. The molecule has 2 rings (SSSR count). The van der Waals surface area contributed by atoms with Crippen LogP contribution in [0.25, 0.3) is 0 Å². The SMILES string of the molecule is CCC/C=C/C1CCC(COc2ccc(OCC)c(F)c2)CC1. The van der Waals surface area contributed by atoms with E-state index in [-0.39, 0.29) is 5.82 Å². The van der Waals surface area contributed by atoms with Gasteiger partial charge in [0.25, 0.3) is 0 Å². The van der Waals surface area contributed by atoms with E-state index in [0.29, 0.717) is 30.6 Å². The maximum Gasteiger partial charge on any atom is 0.168 e. The smallest absolute Gasteiger partial charge is 0.168 e. The summed E-state index contributed by atoms with van der Waals surface area (Å²) < 4.78 is 24.8. The van der Waals surface area contributed by atoms with Gasteiger partial charge in [-0.15, -0.1) is 0 Å². The molecular formula is C20H29FO2. The van der Waals surface area contributed by atoms with Gasteiger partial charge in [-0.05, 0) is 63.0 Å². The Balaban J connectivity index is 1.74. The van der Waals surface area contributed by atoms with Crippen molar-refractivity contribution in [2.75, 3.05) is 13.2 Å². The second-order valence-corrected chi connectivity index (χ2v) is 6.33. The molecule has 1 fully saturated rings. The summed E-state index contributed by atoms with van der Waals surface area (Å²) in [7, 11) is 0. The van der Waals surface area contributed by atoms with Crippen LogP contribution in [0.4, 0.5) is 4.39 Å². The van der Waals surface area contributed by atoms with E-state index in [2.05, 4.69) is 19.1 Å². The van der Waals surface area contributed by atoms with Crippen LogP contribution in [-0.4, -0.2) is 13.2 Å². The first kappa shape index (κ1) is 17.8. The zero-order valence-electron chi connectivity index (χ0n) is 14.4. The van der Waals surface area contributed by atoms with Crippen molar-refractivity contribution in [2.24, 2.45) is 11.8 Å². The Bertz CT molecular complexity index is 490. The monoisotopic (exact) mass is 320 g/mol. The minimum Gasteiger partial charge on any atom is -0.493 e. The highest BCUT2D eigenvalue weighted by Crippen LogP contribution is 2.31. The van der Waals surface area contributed by atoms with Crippen LogP contribution in [0.15, 0.2) is 30.4 Å². The third kappa shape index (κ3) is 5.89. The minimum absolute atomic E-state index is 0.291. The molecule has 1 aromatic rings. The third-order valence-electron chi connectivity index (χ3n) is 4.44. The van der Waals surface area contributed by atoms with Crippen LogP contribution in [0, 0.1) is 17.7 Å². The average Bonchev–Trinajstić information content (AvgIpc) is 2.57. The summed E-state index contributed by atoms with van der Waals surface area (Å²) in [4.78, 5) is 0. The summed E-state index contributed by atoms with van der Waals surface area (Å²) in [5.41, 5.74) is 0. The van der Waals surface area contributed by atoms with Gasteiger partial charge in [0.1, 0.15) is 5.75 Å². The lowest BCUT2D eigenvalue weighted by molar-refractivity contribution is 0.193. The first-order valence-corrected chi connectivity index (χ1v) is 8.94. The van der Waals surface area contributed by atoms with Crippen molar-refractivity contribution in [3.63, 3.8) is 0 Å². The van der Waals surface area contributed by atoms with Gasteiger partial charge in [-0.2, -0.15) is 0 Å². The van der Waals surface area contributed by atoms with Crippen molar-refractivity contribution in [1.82, 2.24) is 0 Å². The van der Waals surface area contributed by atoms with E-state index in [1.54, 1.807) is 12.1 Å². The molecule has 2 nitrogen and oxygen atoms in total. The molecule has 0 bridgehead atoms. The number of halogens is 1. The number of unbranched alkanes of at least 4 members (excludes halogenated alkanes) is 1. The van der Waals surface area contributed by atoms with Crippen molar-refractivity contribution < 1.29 is 13.9 Å². The van der Waals surface area contributed by atoms with Crippen LogP contribution in [0.2, 0.25) is 0 Å². The number of benzene rings is 1. The Hall–Kier alpha value is -1.51. The lowest BCUT2D eigenvalue weighted by atomic mass is 9.82. The maximum absolute atomic E-state index is 13.8. The maximum atomic E-state index is 13.8. The fourth-order valence-electron chi connectivity index (χ4n) is 3.06. The van der Waals surface area contributed by atoms with Crippen molar-refractivity contribution >= 4 is 0 Å². The number of rotatable bonds is 8. The van der Waals surface area contributed by atoms with Gasteiger partial charge in [-0.3, -0.25) is 0 Å². The highest BCUT2D eigenvalue weighted by molar-refractivity contribution is 5.33. The van der Waals surface area contributed by atoms with E-state index >= 15 is 0 Å². The molecule has 0 saturated heterocycles. The first-order valence-electron chi connectivity index (χ1n) is 8.94. The third-order valence-corrected chi connectivity index (χ3v) is 4.44. The van der Waals surface area contributed by atoms with Crippen molar-refractivity contribution in [3.8, 4) is 11.5 Å². The molecule has 128 valence electrons. The molecule has 1 saturated carbocycles. The molecule has 0 aromatic heterocycles. The molecule has 23 heavy (non-hydrogen) atoms. The van der Waals surface area contributed by atoms with E-state index < -0.39 is 0 Å².